The highest BCUT2D eigenvalue weighted by Gasteiger charge is 2.33. The molecular formula is C10H20N2. The van der Waals surface area contributed by atoms with Gasteiger partial charge in [-0.15, -0.1) is 0 Å². The average Bonchev–Trinajstić information content (AvgIpc) is 2.29. The Morgan fingerprint density at radius 1 is 1.17 bits per heavy atom. The second-order valence-corrected chi connectivity index (χ2v) is 4.63. The number of hydrogen-bond acceptors (Lipinski definition) is 2. The summed E-state index contributed by atoms with van der Waals surface area (Å²) in [6, 6.07) is 3.07. The maximum Gasteiger partial charge on any atom is 0.00990 e. The molecule has 2 aliphatic heterocycles. The standard InChI is InChI=1S/C10H20N2/c1-7(2)11-10-5-8-3-4-9(6-10)12-8/h7-12H,3-6H2,1-2H3. The zero-order valence-corrected chi connectivity index (χ0v) is 8.14. The molecule has 2 heterocycles. The van der Waals surface area contributed by atoms with Crippen molar-refractivity contribution >= 4 is 0 Å². The first kappa shape index (κ1) is 8.52. The highest BCUT2D eigenvalue weighted by molar-refractivity contribution is 4.94. The lowest BCUT2D eigenvalue weighted by Crippen LogP contribution is -2.48. The highest BCUT2D eigenvalue weighted by atomic mass is 15.1. The number of fused-ring (bicyclic) bond motifs is 2. The summed E-state index contributed by atoms with van der Waals surface area (Å²) >= 11 is 0. The molecule has 12 heavy (non-hydrogen) atoms. The molecule has 2 N–H and O–H groups in total. The zero-order chi connectivity index (χ0) is 8.55. The number of nitrogens with one attached hydrogen (secondary N) is 2. The van der Waals surface area contributed by atoms with Gasteiger partial charge in [0.25, 0.3) is 0 Å². The van der Waals surface area contributed by atoms with Crippen molar-refractivity contribution in [2.75, 3.05) is 0 Å². The Morgan fingerprint density at radius 3 is 2.25 bits per heavy atom. The van der Waals surface area contributed by atoms with Crippen LogP contribution in [0, 0.1) is 0 Å². The van der Waals surface area contributed by atoms with Crippen molar-refractivity contribution in [3.8, 4) is 0 Å². The monoisotopic (exact) mass is 168 g/mol. The van der Waals surface area contributed by atoms with Crippen LogP contribution in [0.15, 0.2) is 0 Å². The predicted octanol–water partition coefficient (Wildman–Crippen LogP) is 1.27. The quantitative estimate of drug-likeness (QED) is 0.649. The van der Waals surface area contributed by atoms with Gasteiger partial charge in [-0.1, -0.05) is 13.8 Å². The van der Waals surface area contributed by atoms with Crippen LogP contribution < -0.4 is 10.6 Å². The van der Waals surface area contributed by atoms with E-state index in [1.54, 1.807) is 0 Å². The molecule has 2 nitrogen and oxygen atoms in total. The summed E-state index contributed by atoms with van der Waals surface area (Å²) in [5.41, 5.74) is 0. The first-order valence-electron chi connectivity index (χ1n) is 5.26. The fourth-order valence-electron chi connectivity index (χ4n) is 2.66. The third kappa shape index (κ3) is 1.80. The molecule has 2 fully saturated rings. The lowest BCUT2D eigenvalue weighted by atomic mass is 9.99. The van der Waals surface area contributed by atoms with Crippen LogP contribution in [0.3, 0.4) is 0 Å². The maximum absolute atomic E-state index is 3.65. The van der Waals surface area contributed by atoms with Crippen molar-refractivity contribution in [2.45, 2.75) is 63.7 Å². The number of rotatable bonds is 2. The van der Waals surface area contributed by atoms with Crippen LogP contribution in [0.2, 0.25) is 0 Å². The lowest BCUT2D eigenvalue weighted by molar-refractivity contribution is 0.304. The van der Waals surface area contributed by atoms with Crippen LogP contribution >= 0.6 is 0 Å². The van der Waals surface area contributed by atoms with Gasteiger partial charge in [0.2, 0.25) is 0 Å². The third-order valence-electron chi connectivity index (χ3n) is 3.04. The Morgan fingerprint density at radius 2 is 1.75 bits per heavy atom. The summed E-state index contributed by atoms with van der Waals surface area (Å²) in [5, 5.41) is 7.30. The summed E-state index contributed by atoms with van der Waals surface area (Å²) < 4.78 is 0. The molecule has 2 bridgehead atoms. The van der Waals surface area contributed by atoms with Gasteiger partial charge in [-0.05, 0) is 25.7 Å². The van der Waals surface area contributed by atoms with E-state index in [0.29, 0.717) is 6.04 Å². The molecule has 0 aromatic rings. The fourth-order valence-corrected chi connectivity index (χ4v) is 2.66. The molecule has 0 spiro atoms. The average molecular weight is 168 g/mol. The molecule has 0 saturated carbocycles. The largest absolute Gasteiger partial charge is 0.312 e. The van der Waals surface area contributed by atoms with Gasteiger partial charge in [0.05, 0.1) is 0 Å². The molecule has 70 valence electrons. The Hall–Kier alpha value is -0.0800. The second-order valence-electron chi connectivity index (χ2n) is 4.63. The molecule has 2 rings (SSSR count). The topological polar surface area (TPSA) is 24.1 Å². The summed E-state index contributed by atoms with van der Waals surface area (Å²) in [7, 11) is 0. The summed E-state index contributed by atoms with van der Waals surface area (Å²) in [4.78, 5) is 0. The Kier molecular flexibility index (Phi) is 2.37. The van der Waals surface area contributed by atoms with Crippen molar-refractivity contribution in [1.82, 2.24) is 10.6 Å². The smallest absolute Gasteiger partial charge is 0.00990 e. The highest BCUT2D eigenvalue weighted by Crippen LogP contribution is 2.26. The van der Waals surface area contributed by atoms with Crippen LogP contribution in [0.25, 0.3) is 0 Å². The Labute approximate surface area is 75.1 Å². The van der Waals surface area contributed by atoms with Crippen molar-refractivity contribution in [2.24, 2.45) is 0 Å². The van der Waals surface area contributed by atoms with E-state index in [1.807, 2.05) is 0 Å². The molecule has 0 aromatic carbocycles. The van der Waals surface area contributed by atoms with E-state index in [2.05, 4.69) is 24.5 Å². The summed E-state index contributed by atoms with van der Waals surface area (Å²) in [6.07, 6.45) is 5.49. The van der Waals surface area contributed by atoms with Crippen LogP contribution in [0.1, 0.15) is 39.5 Å². The van der Waals surface area contributed by atoms with E-state index in [4.69, 9.17) is 0 Å². The lowest BCUT2D eigenvalue weighted by Gasteiger charge is -2.31. The molecule has 2 heteroatoms. The first-order chi connectivity index (χ1) is 5.74. The van der Waals surface area contributed by atoms with E-state index >= 15 is 0 Å². The van der Waals surface area contributed by atoms with Gasteiger partial charge in [0.15, 0.2) is 0 Å². The maximum atomic E-state index is 3.65. The molecular weight excluding hydrogens is 148 g/mol. The van der Waals surface area contributed by atoms with E-state index in [-0.39, 0.29) is 0 Å². The van der Waals surface area contributed by atoms with Crippen LogP contribution in [0.5, 0.6) is 0 Å². The number of hydrogen-bond donors (Lipinski definition) is 2. The van der Waals surface area contributed by atoms with Gasteiger partial charge in [-0.25, -0.2) is 0 Å². The van der Waals surface area contributed by atoms with Gasteiger partial charge in [-0.3, -0.25) is 0 Å². The third-order valence-corrected chi connectivity index (χ3v) is 3.04. The second kappa shape index (κ2) is 3.35. The van der Waals surface area contributed by atoms with Gasteiger partial charge in [0, 0.05) is 24.2 Å². The SMILES string of the molecule is CC(C)NC1CC2CCC(C1)N2. The predicted molar refractivity (Wildman–Crippen MR) is 51.2 cm³/mol. The Balaban J connectivity index is 1.85. The van der Waals surface area contributed by atoms with E-state index < -0.39 is 0 Å². The van der Waals surface area contributed by atoms with Crippen LogP contribution in [-0.2, 0) is 0 Å². The zero-order valence-electron chi connectivity index (χ0n) is 8.14. The molecule has 0 amide bonds. The first-order valence-corrected chi connectivity index (χ1v) is 5.26. The molecule has 0 radical (unpaired) electrons. The van der Waals surface area contributed by atoms with Gasteiger partial charge in [0.1, 0.15) is 0 Å². The van der Waals surface area contributed by atoms with Crippen molar-refractivity contribution in [3.63, 3.8) is 0 Å². The summed E-state index contributed by atoms with van der Waals surface area (Å²) in [6.45, 7) is 4.48. The Bertz CT molecular complexity index is 144. The minimum Gasteiger partial charge on any atom is -0.312 e. The van der Waals surface area contributed by atoms with Gasteiger partial charge in [-0.2, -0.15) is 0 Å². The van der Waals surface area contributed by atoms with E-state index in [1.165, 1.54) is 25.7 Å². The van der Waals surface area contributed by atoms with Gasteiger partial charge >= 0.3 is 0 Å². The molecule has 2 atom stereocenters. The van der Waals surface area contributed by atoms with Gasteiger partial charge < -0.3 is 10.6 Å². The molecule has 2 unspecified atom stereocenters. The molecule has 0 aromatic heterocycles. The van der Waals surface area contributed by atoms with Crippen LogP contribution in [-0.4, -0.2) is 24.2 Å². The van der Waals surface area contributed by atoms with Crippen molar-refractivity contribution < 1.29 is 0 Å². The summed E-state index contributed by atoms with van der Waals surface area (Å²) in [5.74, 6) is 0. The number of piperidine rings is 1. The van der Waals surface area contributed by atoms with Crippen molar-refractivity contribution in [3.05, 3.63) is 0 Å². The van der Waals surface area contributed by atoms with Crippen LogP contribution in [0.4, 0.5) is 0 Å². The molecule has 2 saturated heterocycles. The fraction of sp³-hybridized carbons (Fsp3) is 1.00. The van der Waals surface area contributed by atoms with Crippen molar-refractivity contribution in [1.29, 1.82) is 0 Å². The molecule has 2 aliphatic rings. The van der Waals surface area contributed by atoms with E-state index in [9.17, 15) is 0 Å². The minimum absolute atomic E-state index is 0.646. The minimum atomic E-state index is 0.646. The van der Waals surface area contributed by atoms with E-state index in [0.717, 1.165) is 18.1 Å². The normalized spacial score (nSPS) is 40.8. The molecule has 0 aliphatic carbocycles.